The molecule has 0 aromatic rings. The Bertz CT molecular complexity index is 304. The van der Waals surface area contributed by atoms with E-state index in [4.69, 9.17) is 4.74 Å². The summed E-state index contributed by atoms with van der Waals surface area (Å²) in [5, 5.41) is 0. The molecule has 0 aromatic heterocycles. The van der Waals surface area contributed by atoms with E-state index in [-0.39, 0.29) is 0 Å². The molecule has 100 valence electrons. The fourth-order valence-electron chi connectivity index (χ4n) is 3.91. The second kappa shape index (κ2) is 3.71. The van der Waals surface area contributed by atoms with Gasteiger partial charge in [-0.05, 0) is 38.1 Å². The van der Waals surface area contributed by atoms with Crippen LogP contribution in [0.1, 0.15) is 48.0 Å². The van der Waals surface area contributed by atoms with E-state index < -0.39 is 0 Å². The van der Waals surface area contributed by atoms with Gasteiger partial charge < -0.3 is 4.74 Å². The Kier molecular flexibility index (Phi) is 2.91. The highest BCUT2D eigenvalue weighted by Gasteiger charge is 2.59. The molecule has 2 atom stereocenters. The highest BCUT2D eigenvalue weighted by Crippen LogP contribution is 2.57. The summed E-state index contributed by atoms with van der Waals surface area (Å²) >= 11 is 0. The Balaban J connectivity index is 2.43. The van der Waals surface area contributed by atoms with Gasteiger partial charge in [0.1, 0.15) is 0 Å². The average Bonchev–Trinajstić information content (AvgIpc) is 2.21. The van der Waals surface area contributed by atoms with Gasteiger partial charge in [0.15, 0.2) is 0 Å². The summed E-state index contributed by atoms with van der Waals surface area (Å²) in [6.07, 6.45) is 1.28. The summed E-state index contributed by atoms with van der Waals surface area (Å²) < 4.78 is 5.60. The van der Waals surface area contributed by atoms with Crippen LogP contribution in [0.2, 0.25) is 0 Å². The fraction of sp³-hybridized carbons (Fsp3) is 1.00. The summed E-state index contributed by atoms with van der Waals surface area (Å²) in [4.78, 5) is 2.58. The van der Waals surface area contributed by atoms with Crippen molar-refractivity contribution in [3.63, 3.8) is 0 Å². The standard InChI is InChI=1S/C15H29NO/c1-11-13(3,4)8-15(9-17-10-15)14(5,6)12(2)16(11)7/h11-12H,8-10H2,1-7H3. The maximum atomic E-state index is 5.60. The van der Waals surface area contributed by atoms with Crippen molar-refractivity contribution in [1.29, 1.82) is 0 Å². The first-order valence-corrected chi connectivity index (χ1v) is 6.94. The lowest BCUT2D eigenvalue weighted by molar-refractivity contribution is -0.194. The molecule has 0 bridgehead atoms. The van der Waals surface area contributed by atoms with E-state index in [0.717, 1.165) is 13.2 Å². The third-order valence-electron chi connectivity index (χ3n) is 6.31. The fourth-order valence-corrected chi connectivity index (χ4v) is 3.91. The monoisotopic (exact) mass is 239 g/mol. The van der Waals surface area contributed by atoms with Crippen molar-refractivity contribution in [1.82, 2.24) is 4.90 Å². The Morgan fingerprint density at radius 3 is 1.94 bits per heavy atom. The van der Waals surface area contributed by atoms with Crippen LogP contribution in [0.25, 0.3) is 0 Å². The van der Waals surface area contributed by atoms with E-state index in [9.17, 15) is 0 Å². The molecular weight excluding hydrogens is 210 g/mol. The quantitative estimate of drug-likeness (QED) is 0.644. The summed E-state index contributed by atoms with van der Waals surface area (Å²) in [5.74, 6) is 0. The summed E-state index contributed by atoms with van der Waals surface area (Å²) in [7, 11) is 2.29. The molecule has 0 radical (unpaired) electrons. The molecule has 2 heteroatoms. The summed E-state index contributed by atoms with van der Waals surface area (Å²) in [6, 6.07) is 1.22. The van der Waals surface area contributed by atoms with Crippen molar-refractivity contribution in [2.45, 2.75) is 60.0 Å². The molecule has 17 heavy (non-hydrogen) atoms. The highest BCUT2D eigenvalue weighted by molar-refractivity contribution is 5.09. The molecular formula is C15H29NO. The predicted molar refractivity (Wildman–Crippen MR) is 72.1 cm³/mol. The van der Waals surface area contributed by atoms with Crippen LogP contribution >= 0.6 is 0 Å². The van der Waals surface area contributed by atoms with Crippen molar-refractivity contribution in [3.8, 4) is 0 Å². The van der Waals surface area contributed by atoms with Gasteiger partial charge in [-0.25, -0.2) is 0 Å². The number of ether oxygens (including phenoxy) is 1. The van der Waals surface area contributed by atoms with Crippen molar-refractivity contribution >= 4 is 0 Å². The largest absolute Gasteiger partial charge is 0.380 e. The molecule has 0 N–H and O–H groups in total. The van der Waals surface area contributed by atoms with Crippen molar-refractivity contribution in [2.24, 2.45) is 16.2 Å². The average molecular weight is 239 g/mol. The third-order valence-corrected chi connectivity index (χ3v) is 6.31. The highest BCUT2D eigenvalue weighted by atomic mass is 16.5. The van der Waals surface area contributed by atoms with Gasteiger partial charge in [-0.1, -0.05) is 27.7 Å². The number of hydrogen-bond acceptors (Lipinski definition) is 2. The lowest BCUT2D eigenvalue weighted by Gasteiger charge is -2.55. The molecule has 2 heterocycles. The van der Waals surface area contributed by atoms with E-state index in [1.54, 1.807) is 0 Å². The van der Waals surface area contributed by atoms with Gasteiger partial charge >= 0.3 is 0 Å². The van der Waals surface area contributed by atoms with Crippen LogP contribution in [0, 0.1) is 16.2 Å². The molecule has 0 saturated carbocycles. The maximum Gasteiger partial charge on any atom is 0.0550 e. The summed E-state index contributed by atoms with van der Waals surface area (Å²) in [6.45, 7) is 16.4. The lowest BCUT2D eigenvalue weighted by Crippen LogP contribution is -2.58. The zero-order valence-corrected chi connectivity index (χ0v) is 12.6. The summed E-state index contributed by atoms with van der Waals surface area (Å²) in [5.41, 5.74) is 1.07. The van der Waals surface area contributed by atoms with Crippen molar-refractivity contribution in [3.05, 3.63) is 0 Å². The van der Waals surface area contributed by atoms with Crippen LogP contribution in [0.4, 0.5) is 0 Å². The lowest BCUT2D eigenvalue weighted by atomic mass is 9.56. The zero-order chi connectivity index (χ0) is 13.1. The zero-order valence-electron chi connectivity index (χ0n) is 12.6. The van der Waals surface area contributed by atoms with Crippen LogP contribution in [0.3, 0.4) is 0 Å². The topological polar surface area (TPSA) is 12.5 Å². The molecule has 2 aliphatic heterocycles. The van der Waals surface area contributed by atoms with E-state index in [1.165, 1.54) is 6.42 Å². The van der Waals surface area contributed by atoms with Crippen molar-refractivity contribution < 1.29 is 4.74 Å². The van der Waals surface area contributed by atoms with Crippen LogP contribution in [-0.4, -0.2) is 37.2 Å². The van der Waals surface area contributed by atoms with Gasteiger partial charge in [0.2, 0.25) is 0 Å². The Morgan fingerprint density at radius 2 is 1.53 bits per heavy atom. The molecule has 0 amide bonds. The van der Waals surface area contributed by atoms with Gasteiger partial charge in [0.05, 0.1) is 13.2 Å². The molecule has 1 spiro atoms. The van der Waals surface area contributed by atoms with Crippen LogP contribution in [0.15, 0.2) is 0 Å². The second-order valence-corrected chi connectivity index (χ2v) is 7.68. The Hall–Kier alpha value is -0.0800. The minimum Gasteiger partial charge on any atom is -0.380 e. The van der Waals surface area contributed by atoms with E-state index in [0.29, 0.717) is 28.3 Å². The predicted octanol–water partition coefficient (Wildman–Crippen LogP) is 3.17. The van der Waals surface area contributed by atoms with Gasteiger partial charge in [-0.2, -0.15) is 0 Å². The molecule has 2 nitrogen and oxygen atoms in total. The van der Waals surface area contributed by atoms with Crippen LogP contribution in [0.5, 0.6) is 0 Å². The van der Waals surface area contributed by atoms with Gasteiger partial charge in [0, 0.05) is 17.5 Å². The van der Waals surface area contributed by atoms with E-state index in [1.807, 2.05) is 0 Å². The first-order valence-electron chi connectivity index (χ1n) is 6.94. The first kappa shape index (κ1) is 13.4. The minimum absolute atomic E-state index is 0.321. The smallest absolute Gasteiger partial charge is 0.0550 e. The molecule has 0 aromatic carbocycles. The number of rotatable bonds is 0. The third kappa shape index (κ3) is 1.67. The molecule has 0 aliphatic carbocycles. The van der Waals surface area contributed by atoms with E-state index >= 15 is 0 Å². The SMILES string of the molecule is CC1N(C)C(C)C(C)(C)C2(COC2)CC1(C)C. The molecule has 2 rings (SSSR count). The molecule has 2 unspecified atom stereocenters. The maximum absolute atomic E-state index is 5.60. The number of nitrogens with zero attached hydrogens (tertiary/aromatic N) is 1. The van der Waals surface area contributed by atoms with Crippen LogP contribution < -0.4 is 0 Å². The molecule has 2 saturated heterocycles. The minimum atomic E-state index is 0.321. The van der Waals surface area contributed by atoms with Crippen molar-refractivity contribution in [2.75, 3.05) is 20.3 Å². The van der Waals surface area contributed by atoms with Gasteiger partial charge in [-0.15, -0.1) is 0 Å². The van der Waals surface area contributed by atoms with E-state index in [2.05, 4.69) is 53.5 Å². The molecule has 2 fully saturated rings. The number of likely N-dealkylation sites (tertiary alicyclic amines) is 1. The second-order valence-electron chi connectivity index (χ2n) is 7.68. The normalized spacial score (nSPS) is 39.7. The number of hydrogen-bond donors (Lipinski definition) is 0. The first-order chi connectivity index (χ1) is 7.64. The Labute approximate surface area is 107 Å². The van der Waals surface area contributed by atoms with Crippen LogP contribution in [-0.2, 0) is 4.74 Å². The van der Waals surface area contributed by atoms with Gasteiger partial charge in [0.25, 0.3) is 0 Å². The Morgan fingerprint density at radius 1 is 1.00 bits per heavy atom. The molecule has 2 aliphatic rings. The van der Waals surface area contributed by atoms with Gasteiger partial charge in [-0.3, -0.25) is 4.90 Å².